The van der Waals surface area contributed by atoms with Gasteiger partial charge in [0.1, 0.15) is 24.4 Å². The van der Waals surface area contributed by atoms with Gasteiger partial charge in [-0.15, -0.1) is 0 Å². The molecule has 0 radical (unpaired) electrons. The predicted molar refractivity (Wildman–Crippen MR) is 49.0 cm³/mol. The topological polar surface area (TPSA) is 131 Å². The molecule has 0 amide bonds. The van der Waals surface area contributed by atoms with Crippen molar-refractivity contribution in [3.8, 4) is 0 Å². The van der Waals surface area contributed by atoms with E-state index >= 15 is 0 Å². The van der Waals surface area contributed by atoms with Crippen LogP contribution in [0.2, 0.25) is 0 Å². The van der Waals surface area contributed by atoms with E-state index in [2.05, 4.69) is 0 Å². The van der Waals surface area contributed by atoms with Crippen LogP contribution in [0.3, 0.4) is 0 Å². The maximum Gasteiger partial charge on any atom is 0.114 e. The molecule has 0 aliphatic heterocycles. The van der Waals surface area contributed by atoms with Crippen LogP contribution in [0.4, 0.5) is 0 Å². The highest BCUT2D eigenvalue weighted by Gasteiger charge is 2.32. The van der Waals surface area contributed by atoms with E-state index in [0.717, 1.165) is 0 Å². The number of hydrogen-bond donors (Lipinski definition) is 6. The van der Waals surface area contributed by atoms with Gasteiger partial charge in [-0.05, 0) is 0 Å². The summed E-state index contributed by atoms with van der Waals surface area (Å²) >= 11 is 0. The summed E-state index contributed by atoms with van der Waals surface area (Å²) in [6, 6.07) is 0. The molecule has 0 fully saturated rings. The van der Waals surface area contributed by atoms with E-state index in [9.17, 15) is 10.2 Å². The SMILES string of the molecule is OCCO[C@@H]([C@H](O)[C@@H](O)CO)[C@H](O)CO. The van der Waals surface area contributed by atoms with Gasteiger partial charge in [0, 0.05) is 0 Å². The van der Waals surface area contributed by atoms with Crippen molar-refractivity contribution in [1.29, 1.82) is 0 Å². The quantitative estimate of drug-likeness (QED) is 0.252. The molecule has 0 saturated carbocycles. The monoisotopic (exact) mass is 226 g/mol. The summed E-state index contributed by atoms with van der Waals surface area (Å²) in [6.07, 6.45) is -5.67. The fourth-order valence-corrected chi connectivity index (χ4v) is 1.06. The number of hydrogen-bond acceptors (Lipinski definition) is 7. The van der Waals surface area contributed by atoms with Gasteiger partial charge in [-0.3, -0.25) is 0 Å². The van der Waals surface area contributed by atoms with Crippen LogP contribution >= 0.6 is 0 Å². The first kappa shape index (κ1) is 14.7. The van der Waals surface area contributed by atoms with Crippen molar-refractivity contribution in [3.63, 3.8) is 0 Å². The van der Waals surface area contributed by atoms with E-state index in [-0.39, 0.29) is 13.2 Å². The lowest BCUT2D eigenvalue weighted by atomic mass is 10.0. The molecular formula is C8H18O7. The Morgan fingerprint density at radius 2 is 1.40 bits per heavy atom. The van der Waals surface area contributed by atoms with Gasteiger partial charge in [0.15, 0.2) is 0 Å². The second-order valence-electron chi connectivity index (χ2n) is 3.05. The number of aliphatic hydroxyl groups is 6. The van der Waals surface area contributed by atoms with E-state index in [1.165, 1.54) is 0 Å². The minimum absolute atomic E-state index is 0.156. The minimum atomic E-state index is -1.54. The Hall–Kier alpha value is -0.280. The first-order chi connectivity index (χ1) is 7.08. The molecule has 0 unspecified atom stereocenters. The molecule has 0 heterocycles. The zero-order valence-electron chi connectivity index (χ0n) is 8.23. The number of rotatable bonds is 8. The highest BCUT2D eigenvalue weighted by Crippen LogP contribution is 2.09. The molecule has 0 saturated heterocycles. The molecular weight excluding hydrogens is 208 g/mol. The van der Waals surface area contributed by atoms with Crippen molar-refractivity contribution in [3.05, 3.63) is 0 Å². The van der Waals surface area contributed by atoms with Crippen molar-refractivity contribution in [1.82, 2.24) is 0 Å². The Morgan fingerprint density at radius 1 is 0.867 bits per heavy atom. The molecule has 92 valence electrons. The lowest BCUT2D eigenvalue weighted by molar-refractivity contribution is -0.151. The Bertz CT molecular complexity index is 154. The maximum absolute atomic E-state index is 9.42. The molecule has 7 heteroatoms. The number of ether oxygens (including phenoxy) is 1. The Balaban J connectivity index is 4.32. The second kappa shape index (κ2) is 7.94. The van der Waals surface area contributed by atoms with Crippen LogP contribution in [0.1, 0.15) is 0 Å². The van der Waals surface area contributed by atoms with E-state index in [4.69, 9.17) is 25.2 Å². The molecule has 0 rings (SSSR count). The molecule has 0 bridgehead atoms. The largest absolute Gasteiger partial charge is 0.394 e. The van der Waals surface area contributed by atoms with E-state index < -0.39 is 37.6 Å². The molecule has 0 spiro atoms. The van der Waals surface area contributed by atoms with Crippen molar-refractivity contribution in [2.24, 2.45) is 0 Å². The third kappa shape index (κ3) is 4.85. The maximum atomic E-state index is 9.42. The third-order valence-corrected chi connectivity index (χ3v) is 1.89. The summed E-state index contributed by atoms with van der Waals surface area (Å²) in [7, 11) is 0. The van der Waals surface area contributed by atoms with Gasteiger partial charge in [0.2, 0.25) is 0 Å². The van der Waals surface area contributed by atoms with Gasteiger partial charge in [-0.25, -0.2) is 0 Å². The van der Waals surface area contributed by atoms with Gasteiger partial charge in [0.05, 0.1) is 26.4 Å². The standard InChI is InChI=1S/C8H18O7/c9-1-2-15-8(6(13)4-11)7(14)5(12)3-10/h5-14H,1-4H2/t5-,6+,7+,8+/m0/s1. The summed E-state index contributed by atoms with van der Waals surface area (Å²) in [5.41, 5.74) is 0. The van der Waals surface area contributed by atoms with Crippen molar-refractivity contribution in [2.45, 2.75) is 24.4 Å². The highest BCUT2D eigenvalue weighted by atomic mass is 16.5. The van der Waals surface area contributed by atoms with Crippen LogP contribution in [0, 0.1) is 0 Å². The Kier molecular flexibility index (Phi) is 7.79. The van der Waals surface area contributed by atoms with E-state index in [1.807, 2.05) is 0 Å². The van der Waals surface area contributed by atoms with Crippen LogP contribution in [0.25, 0.3) is 0 Å². The lowest BCUT2D eigenvalue weighted by Gasteiger charge is -2.28. The van der Waals surface area contributed by atoms with Gasteiger partial charge in [0.25, 0.3) is 0 Å². The van der Waals surface area contributed by atoms with Gasteiger partial charge >= 0.3 is 0 Å². The van der Waals surface area contributed by atoms with E-state index in [0.29, 0.717) is 0 Å². The molecule has 15 heavy (non-hydrogen) atoms. The molecule has 0 aromatic rings. The molecule has 7 nitrogen and oxygen atoms in total. The van der Waals surface area contributed by atoms with E-state index in [1.54, 1.807) is 0 Å². The second-order valence-corrected chi connectivity index (χ2v) is 3.05. The fraction of sp³-hybridized carbons (Fsp3) is 1.00. The summed E-state index contributed by atoms with van der Waals surface area (Å²) in [6.45, 7) is -1.84. The highest BCUT2D eigenvalue weighted by molar-refractivity contribution is 4.81. The molecule has 0 aromatic heterocycles. The number of aliphatic hydroxyl groups excluding tert-OH is 6. The van der Waals surface area contributed by atoms with Crippen LogP contribution in [0.15, 0.2) is 0 Å². The smallest absolute Gasteiger partial charge is 0.114 e. The van der Waals surface area contributed by atoms with Gasteiger partial charge < -0.3 is 35.4 Å². The fourth-order valence-electron chi connectivity index (χ4n) is 1.06. The van der Waals surface area contributed by atoms with Crippen molar-refractivity contribution in [2.75, 3.05) is 26.4 Å². The normalized spacial score (nSPS) is 19.6. The summed E-state index contributed by atoms with van der Waals surface area (Å²) < 4.78 is 4.85. The van der Waals surface area contributed by atoms with Crippen LogP contribution in [0.5, 0.6) is 0 Å². The molecule has 0 aliphatic carbocycles. The average molecular weight is 226 g/mol. The first-order valence-corrected chi connectivity index (χ1v) is 4.56. The van der Waals surface area contributed by atoms with Crippen LogP contribution in [-0.4, -0.2) is 81.5 Å². The summed E-state index contributed by atoms with van der Waals surface area (Å²) in [5.74, 6) is 0. The average Bonchev–Trinajstić information content (AvgIpc) is 2.27. The van der Waals surface area contributed by atoms with Crippen LogP contribution < -0.4 is 0 Å². The third-order valence-electron chi connectivity index (χ3n) is 1.89. The minimum Gasteiger partial charge on any atom is -0.394 e. The molecule has 0 aromatic carbocycles. The molecule has 0 aliphatic rings. The van der Waals surface area contributed by atoms with Gasteiger partial charge in [-0.1, -0.05) is 0 Å². The zero-order valence-corrected chi connectivity index (χ0v) is 8.23. The summed E-state index contributed by atoms with van der Waals surface area (Å²) in [5, 5.41) is 53.5. The Morgan fingerprint density at radius 3 is 1.80 bits per heavy atom. The van der Waals surface area contributed by atoms with Gasteiger partial charge in [-0.2, -0.15) is 0 Å². The van der Waals surface area contributed by atoms with Crippen molar-refractivity contribution < 1.29 is 35.4 Å². The first-order valence-electron chi connectivity index (χ1n) is 4.56. The zero-order chi connectivity index (χ0) is 11.8. The van der Waals surface area contributed by atoms with Crippen molar-refractivity contribution >= 4 is 0 Å². The van der Waals surface area contributed by atoms with Crippen LogP contribution in [-0.2, 0) is 4.74 Å². The summed E-state index contributed by atoms with van der Waals surface area (Å²) in [4.78, 5) is 0. The predicted octanol–water partition coefficient (Wildman–Crippen LogP) is -3.57. The lowest BCUT2D eigenvalue weighted by Crippen LogP contribution is -2.49. The molecule has 4 atom stereocenters. The molecule has 6 N–H and O–H groups in total. The Labute approximate surface area is 87.2 Å².